The van der Waals surface area contributed by atoms with Crippen LogP contribution in [0.5, 0.6) is 5.75 Å². The number of rotatable bonds is 3. The number of amides is 2. The lowest BCUT2D eigenvalue weighted by atomic mass is 10.0. The normalized spacial score (nSPS) is 19.5. The van der Waals surface area contributed by atoms with E-state index in [2.05, 4.69) is 15.7 Å². The highest BCUT2D eigenvalue weighted by Gasteiger charge is 2.47. The highest BCUT2D eigenvalue weighted by molar-refractivity contribution is 6.18. The van der Waals surface area contributed by atoms with E-state index in [0.29, 0.717) is 23.7 Å². The number of hydrogen-bond donors (Lipinski definition) is 2. The summed E-state index contributed by atoms with van der Waals surface area (Å²) >= 11 is 0. The zero-order chi connectivity index (χ0) is 16.6. The van der Waals surface area contributed by atoms with Gasteiger partial charge in [-0.3, -0.25) is 14.3 Å². The van der Waals surface area contributed by atoms with Crippen molar-refractivity contribution in [2.75, 3.05) is 10.6 Å². The number of aryl methyl sites for hydroxylation is 2. The van der Waals surface area contributed by atoms with Gasteiger partial charge in [-0.15, -0.1) is 0 Å². The van der Waals surface area contributed by atoms with Gasteiger partial charge in [-0.1, -0.05) is 6.07 Å². The second-order valence-corrected chi connectivity index (χ2v) is 5.63. The van der Waals surface area contributed by atoms with Gasteiger partial charge in [0.2, 0.25) is 0 Å². The van der Waals surface area contributed by atoms with E-state index >= 15 is 0 Å². The van der Waals surface area contributed by atoms with Crippen molar-refractivity contribution < 1.29 is 14.3 Å². The summed E-state index contributed by atoms with van der Waals surface area (Å²) in [5.74, 6) is -0.579. The SMILES string of the molecule is CCn1cc(NC(=O)[C@]2(C)Oc3ccc(C)cc3NC2=O)cn1. The van der Waals surface area contributed by atoms with Gasteiger partial charge in [-0.05, 0) is 38.5 Å². The van der Waals surface area contributed by atoms with Gasteiger partial charge in [-0.25, -0.2) is 0 Å². The molecule has 0 spiro atoms. The number of nitrogens with one attached hydrogen (secondary N) is 2. The van der Waals surface area contributed by atoms with Crippen LogP contribution in [0, 0.1) is 6.92 Å². The molecule has 2 aromatic rings. The quantitative estimate of drug-likeness (QED) is 0.848. The monoisotopic (exact) mass is 314 g/mol. The van der Waals surface area contributed by atoms with Crippen molar-refractivity contribution in [2.24, 2.45) is 0 Å². The minimum atomic E-state index is -1.64. The van der Waals surface area contributed by atoms with Gasteiger partial charge < -0.3 is 15.4 Å². The summed E-state index contributed by atoms with van der Waals surface area (Å²) in [6, 6.07) is 5.40. The highest BCUT2D eigenvalue weighted by atomic mass is 16.5. The van der Waals surface area contributed by atoms with E-state index in [9.17, 15) is 9.59 Å². The molecule has 1 aromatic heterocycles. The average molecular weight is 314 g/mol. The van der Waals surface area contributed by atoms with Crippen LogP contribution in [-0.2, 0) is 16.1 Å². The Bertz CT molecular complexity index is 783. The zero-order valence-electron chi connectivity index (χ0n) is 13.2. The lowest BCUT2D eigenvalue weighted by Gasteiger charge is -2.33. The first-order valence-electron chi connectivity index (χ1n) is 7.37. The van der Waals surface area contributed by atoms with Gasteiger partial charge in [0.05, 0.1) is 17.6 Å². The molecule has 2 heterocycles. The fourth-order valence-corrected chi connectivity index (χ4v) is 2.34. The van der Waals surface area contributed by atoms with E-state index < -0.39 is 17.4 Å². The van der Waals surface area contributed by atoms with Crippen molar-refractivity contribution in [3.05, 3.63) is 36.2 Å². The molecule has 0 radical (unpaired) electrons. The molecule has 1 atom stereocenters. The molecule has 0 aliphatic carbocycles. The molecule has 0 fully saturated rings. The molecule has 7 nitrogen and oxygen atoms in total. The standard InChI is InChI=1S/C16H18N4O3/c1-4-20-9-11(8-17-20)18-14(21)16(3)15(22)19-12-7-10(2)5-6-13(12)23-16/h5-9H,4H2,1-3H3,(H,18,21)(H,19,22)/t16-/m0/s1. The van der Waals surface area contributed by atoms with Crippen molar-refractivity contribution in [2.45, 2.75) is 32.9 Å². The number of benzene rings is 1. The molecule has 2 amide bonds. The van der Waals surface area contributed by atoms with Crippen molar-refractivity contribution >= 4 is 23.2 Å². The summed E-state index contributed by atoms with van der Waals surface area (Å²) in [4.78, 5) is 24.9. The van der Waals surface area contributed by atoms with Gasteiger partial charge in [0.15, 0.2) is 0 Å². The first kappa shape index (κ1) is 15.1. The Morgan fingerprint density at radius 1 is 1.48 bits per heavy atom. The summed E-state index contributed by atoms with van der Waals surface area (Å²) in [6.07, 6.45) is 3.22. The molecule has 1 aromatic carbocycles. The summed E-state index contributed by atoms with van der Waals surface area (Å²) in [5, 5.41) is 9.48. The van der Waals surface area contributed by atoms with E-state index in [1.54, 1.807) is 23.0 Å². The molecule has 3 rings (SSSR count). The van der Waals surface area contributed by atoms with Gasteiger partial charge >= 0.3 is 0 Å². The third kappa shape index (κ3) is 2.65. The average Bonchev–Trinajstić information content (AvgIpc) is 2.96. The van der Waals surface area contributed by atoms with E-state index in [1.165, 1.54) is 13.1 Å². The molecule has 120 valence electrons. The fourth-order valence-electron chi connectivity index (χ4n) is 2.34. The minimum absolute atomic E-state index is 0.470. The number of anilines is 2. The molecule has 23 heavy (non-hydrogen) atoms. The van der Waals surface area contributed by atoms with Crippen molar-refractivity contribution in [3.63, 3.8) is 0 Å². The maximum atomic E-state index is 12.5. The smallest absolute Gasteiger partial charge is 0.278 e. The molecule has 0 saturated carbocycles. The number of fused-ring (bicyclic) bond motifs is 1. The zero-order valence-corrected chi connectivity index (χ0v) is 13.2. The van der Waals surface area contributed by atoms with Gasteiger partial charge in [-0.2, -0.15) is 5.10 Å². The molecule has 2 N–H and O–H groups in total. The van der Waals surface area contributed by atoms with Crippen LogP contribution in [0.15, 0.2) is 30.6 Å². The van der Waals surface area contributed by atoms with Gasteiger partial charge in [0, 0.05) is 12.7 Å². The summed E-state index contributed by atoms with van der Waals surface area (Å²) in [5.41, 5.74) is 0.437. The summed E-state index contributed by atoms with van der Waals surface area (Å²) in [7, 11) is 0. The molecule has 1 aliphatic rings. The number of carbonyl (C=O) groups excluding carboxylic acids is 2. The third-order valence-electron chi connectivity index (χ3n) is 3.78. The predicted octanol–water partition coefficient (Wildman–Crippen LogP) is 1.94. The first-order chi connectivity index (χ1) is 10.9. The Morgan fingerprint density at radius 3 is 2.96 bits per heavy atom. The van der Waals surface area contributed by atoms with Crippen LogP contribution in [0.2, 0.25) is 0 Å². The number of ether oxygens (including phenoxy) is 1. The number of aromatic nitrogens is 2. The molecule has 0 bridgehead atoms. The molecular weight excluding hydrogens is 296 g/mol. The Hall–Kier alpha value is -2.83. The predicted molar refractivity (Wildman–Crippen MR) is 85.4 cm³/mol. The second kappa shape index (κ2) is 5.42. The Morgan fingerprint density at radius 2 is 2.26 bits per heavy atom. The van der Waals surface area contributed by atoms with Crippen LogP contribution >= 0.6 is 0 Å². The van der Waals surface area contributed by atoms with Crippen LogP contribution in [-0.4, -0.2) is 27.2 Å². The minimum Gasteiger partial charge on any atom is -0.466 e. The lowest BCUT2D eigenvalue weighted by Crippen LogP contribution is -2.56. The lowest BCUT2D eigenvalue weighted by molar-refractivity contribution is -0.143. The van der Waals surface area contributed by atoms with Crippen molar-refractivity contribution in [1.82, 2.24) is 9.78 Å². The van der Waals surface area contributed by atoms with Crippen LogP contribution in [0.25, 0.3) is 0 Å². The molecule has 0 unspecified atom stereocenters. The Kier molecular flexibility index (Phi) is 3.55. The van der Waals surface area contributed by atoms with Gasteiger partial charge in [0.25, 0.3) is 17.4 Å². The maximum absolute atomic E-state index is 12.5. The Balaban J connectivity index is 1.84. The van der Waals surface area contributed by atoms with Crippen LogP contribution in [0.4, 0.5) is 11.4 Å². The molecule has 7 heteroatoms. The second-order valence-electron chi connectivity index (χ2n) is 5.63. The Labute approximate surface area is 133 Å². The number of nitrogens with zero attached hydrogens (tertiary/aromatic N) is 2. The molecule has 0 saturated heterocycles. The largest absolute Gasteiger partial charge is 0.466 e. The number of hydrogen-bond acceptors (Lipinski definition) is 4. The van der Waals surface area contributed by atoms with Gasteiger partial charge in [0.1, 0.15) is 5.75 Å². The number of carbonyl (C=O) groups is 2. The van der Waals surface area contributed by atoms with Crippen LogP contribution in [0.3, 0.4) is 0 Å². The van der Waals surface area contributed by atoms with Crippen LogP contribution in [0.1, 0.15) is 19.4 Å². The maximum Gasteiger partial charge on any atom is 0.278 e. The van der Waals surface area contributed by atoms with E-state index in [1.807, 2.05) is 19.9 Å². The molecular formula is C16H18N4O3. The van der Waals surface area contributed by atoms with Crippen molar-refractivity contribution in [1.29, 1.82) is 0 Å². The van der Waals surface area contributed by atoms with Crippen LogP contribution < -0.4 is 15.4 Å². The topological polar surface area (TPSA) is 85.3 Å². The third-order valence-corrected chi connectivity index (χ3v) is 3.78. The van der Waals surface area contributed by atoms with Crippen molar-refractivity contribution in [3.8, 4) is 5.75 Å². The highest BCUT2D eigenvalue weighted by Crippen LogP contribution is 2.34. The van der Waals surface area contributed by atoms with E-state index in [-0.39, 0.29) is 0 Å². The van der Waals surface area contributed by atoms with E-state index in [0.717, 1.165) is 5.56 Å². The summed E-state index contributed by atoms with van der Waals surface area (Å²) in [6.45, 7) is 6.00. The first-order valence-corrected chi connectivity index (χ1v) is 7.37. The molecule has 1 aliphatic heterocycles. The summed E-state index contributed by atoms with van der Waals surface area (Å²) < 4.78 is 7.38. The fraction of sp³-hybridized carbons (Fsp3) is 0.312. The van der Waals surface area contributed by atoms with E-state index in [4.69, 9.17) is 4.74 Å².